The van der Waals surface area contributed by atoms with Gasteiger partial charge in [-0.05, 0) is 56.0 Å². The molecule has 30 heavy (non-hydrogen) atoms. The Hall–Kier alpha value is -1.68. The maximum Gasteiger partial charge on any atom is 0.191 e. The van der Waals surface area contributed by atoms with Gasteiger partial charge in [-0.15, -0.1) is 24.0 Å². The van der Waals surface area contributed by atoms with E-state index in [4.69, 9.17) is 0 Å². The van der Waals surface area contributed by atoms with Crippen molar-refractivity contribution in [2.75, 3.05) is 25.4 Å². The zero-order valence-corrected chi connectivity index (χ0v) is 20.3. The van der Waals surface area contributed by atoms with E-state index in [1.807, 2.05) is 13.0 Å². The van der Waals surface area contributed by atoms with Gasteiger partial charge in [-0.3, -0.25) is 4.99 Å². The molecule has 5 nitrogen and oxygen atoms in total. The number of aliphatic imine (C=N–C) groups is 1. The molecule has 0 bridgehead atoms. The molecular formula is C22H29FIN3O2S. The first kappa shape index (κ1) is 24.6. The molecule has 0 unspecified atom stereocenters. The van der Waals surface area contributed by atoms with E-state index in [0.717, 1.165) is 18.4 Å². The number of hydrogen-bond acceptors (Lipinski definition) is 3. The van der Waals surface area contributed by atoms with Crippen LogP contribution in [0, 0.1) is 5.82 Å². The third kappa shape index (κ3) is 6.66. The third-order valence-electron chi connectivity index (χ3n) is 5.16. The Morgan fingerprint density at radius 3 is 2.47 bits per heavy atom. The van der Waals surface area contributed by atoms with Crippen LogP contribution in [0.15, 0.2) is 64.5 Å². The predicted octanol–water partition coefficient (Wildman–Crippen LogP) is 3.89. The number of rotatable bonds is 9. The summed E-state index contributed by atoms with van der Waals surface area (Å²) in [5, 5.41) is 6.40. The summed E-state index contributed by atoms with van der Waals surface area (Å²) < 4.78 is 38.3. The average molecular weight is 545 g/mol. The highest BCUT2D eigenvalue weighted by molar-refractivity contribution is 14.0. The van der Waals surface area contributed by atoms with E-state index in [9.17, 15) is 12.8 Å². The molecule has 2 aromatic carbocycles. The van der Waals surface area contributed by atoms with Crippen LogP contribution in [0.25, 0.3) is 0 Å². The van der Waals surface area contributed by atoms with E-state index >= 15 is 0 Å². The molecule has 0 atom stereocenters. The third-order valence-corrected chi connectivity index (χ3v) is 6.98. The second-order valence-corrected chi connectivity index (χ2v) is 9.51. The highest BCUT2D eigenvalue weighted by Gasteiger charge is 2.44. The van der Waals surface area contributed by atoms with Crippen LogP contribution in [-0.4, -0.2) is 39.8 Å². The Bertz CT molecular complexity index is 948. The number of guanidine groups is 1. The SMILES string of the molecule is CCNC(=NCC1(c2cccc(F)c2)CC1)NCCCS(=O)(=O)c1ccccc1.I. The Morgan fingerprint density at radius 1 is 1.10 bits per heavy atom. The molecule has 0 radical (unpaired) electrons. The monoisotopic (exact) mass is 545 g/mol. The van der Waals surface area contributed by atoms with Gasteiger partial charge in [0.2, 0.25) is 0 Å². The van der Waals surface area contributed by atoms with Gasteiger partial charge >= 0.3 is 0 Å². The second kappa shape index (κ2) is 11.1. The molecule has 164 valence electrons. The van der Waals surface area contributed by atoms with Gasteiger partial charge in [0, 0.05) is 18.5 Å². The zero-order chi connectivity index (χ0) is 20.7. The van der Waals surface area contributed by atoms with Crippen LogP contribution in [0.5, 0.6) is 0 Å². The normalized spacial score (nSPS) is 15.2. The van der Waals surface area contributed by atoms with Crippen LogP contribution >= 0.6 is 24.0 Å². The molecule has 2 N–H and O–H groups in total. The van der Waals surface area contributed by atoms with Crippen LogP contribution in [0.4, 0.5) is 4.39 Å². The number of nitrogens with one attached hydrogen (secondary N) is 2. The lowest BCUT2D eigenvalue weighted by Crippen LogP contribution is -2.38. The van der Waals surface area contributed by atoms with Crippen LogP contribution < -0.4 is 10.6 Å². The number of hydrogen-bond donors (Lipinski definition) is 2. The van der Waals surface area contributed by atoms with Crippen molar-refractivity contribution in [3.8, 4) is 0 Å². The Morgan fingerprint density at radius 2 is 1.83 bits per heavy atom. The molecule has 0 saturated heterocycles. The number of benzene rings is 2. The van der Waals surface area contributed by atoms with Crippen molar-refractivity contribution in [3.05, 3.63) is 66.0 Å². The molecule has 1 saturated carbocycles. The van der Waals surface area contributed by atoms with Crippen molar-refractivity contribution in [1.29, 1.82) is 0 Å². The molecule has 0 amide bonds. The highest BCUT2D eigenvalue weighted by atomic mass is 127. The lowest BCUT2D eigenvalue weighted by molar-refractivity contribution is 0.592. The number of sulfone groups is 1. The molecule has 0 spiro atoms. The predicted molar refractivity (Wildman–Crippen MR) is 130 cm³/mol. The lowest BCUT2D eigenvalue weighted by Gasteiger charge is -2.16. The minimum atomic E-state index is -3.27. The molecule has 0 aromatic heterocycles. The standard InChI is InChI=1S/C22H28FN3O2S.HI/c1-2-24-21(25-14-7-15-29(27,28)20-10-4-3-5-11-20)26-17-22(12-13-22)18-8-6-9-19(23)16-18;/h3-6,8-11,16H,2,7,12-15,17H2,1H3,(H2,24,25,26);1H. The maximum atomic E-state index is 13.6. The summed E-state index contributed by atoms with van der Waals surface area (Å²) in [6, 6.07) is 15.3. The van der Waals surface area contributed by atoms with Gasteiger partial charge in [0.05, 0.1) is 17.2 Å². The molecule has 0 heterocycles. The summed E-state index contributed by atoms with van der Waals surface area (Å²) in [5.41, 5.74) is 0.909. The van der Waals surface area contributed by atoms with E-state index in [1.165, 1.54) is 6.07 Å². The summed E-state index contributed by atoms with van der Waals surface area (Å²) in [6.45, 7) is 3.77. The van der Waals surface area contributed by atoms with Crippen molar-refractivity contribution >= 4 is 39.8 Å². The largest absolute Gasteiger partial charge is 0.357 e. The van der Waals surface area contributed by atoms with Crippen molar-refractivity contribution in [2.45, 2.75) is 36.5 Å². The van der Waals surface area contributed by atoms with E-state index in [1.54, 1.807) is 42.5 Å². The van der Waals surface area contributed by atoms with Gasteiger partial charge in [-0.2, -0.15) is 0 Å². The number of halogens is 2. The van der Waals surface area contributed by atoms with Crippen molar-refractivity contribution in [1.82, 2.24) is 10.6 Å². The minimum Gasteiger partial charge on any atom is -0.357 e. The summed E-state index contributed by atoms with van der Waals surface area (Å²) in [4.78, 5) is 5.02. The molecule has 3 rings (SSSR count). The first-order valence-electron chi connectivity index (χ1n) is 10.0. The number of nitrogens with zero attached hydrogens (tertiary/aromatic N) is 1. The van der Waals surface area contributed by atoms with Gasteiger partial charge in [0.15, 0.2) is 15.8 Å². The van der Waals surface area contributed by atoms with Gasteiger partial charge in [-0.1, -0.05) is 30.3 Å². The molecule has 2 aromatic rings. The second-order valence-electron chi connectivity index (χ2n) is 7.40. The van der Waals surface area contributed by atoms with Crippen LogP contribution in [0.2, 0.25) is 0 Å². The summed E-state index contributed by atoms with van der Waals surface area (Å²) in [6.07, 6.45) is 2.47. The van der Waals surface area contributed by atoms with E-state index < -0.39 is 9.84 Å². The van der Waals surface area contributed by atoms with Gasteiger partial charge in [0.1, 0.15) is 5.82 Å². The highest BCUT2D eigenvalue weighted by Crippen LogP contribution is 2.48. The molecule has 1 aliphatic carbocycles. The van der Waals surface area contributed by atoms with Crippen molar-refractivity contribution < 1.29 is 12.8 Å². The Labute approximate surface area is 195 Å². The fraction of sp³-hybridized carbons (Fsp3) is 0.409. The van der Waals surface area contributed by atoms with Crippen LogP contribution in [-0.2, 0) is 15.3 Å². The average Bonchev–Trinajstić information content (AvgIpc) is 3.51. The zero-order valence-electron chi connectivity index (χ0n) is 17.1. The first-order chi connectivity index (χ1) is 14.0. The fourth-order valence-corrected chi connectivity index (χ4v) is 4.63. The van der Waals surface area contributed by atoms with Gasteiger partial charge in [0.25, 0.3) is 0 Å². The minimum absolute atomic E-state index is 0. The van der Waals surface area contributed by atoms with Gasteiger partial charge < -0.3 is 10.6 Å². The molecule has 1 fully saturated rings. The lowest BCUT2D eigenvalue weighted by atomic mass is 9.96. The quantitative estimate of drug-likeness (QED) is 0.217. The van der Waals surface area contributed by atoms with Crippen LogP contribution in [0.3, 0.4) is 0 Å². The van der Waals surface area contributed by atoms with Crippen molar-refractivity contribution in [3.63, 3.8) is 0 Å². The smallest absolute Gasteiger partial charge is 0.191 e. The summed E-state index contributed by atoms with van der Waals surface area (Å²) in [7, 11) is -3.27. The Balaban J connectivity index is 0.00000320. The summed E-state index contributed by atoms with van der Waals surface area (Å²) >= 11 is 0. The van der Waals surface area contributed by atoms with Gasteiger partial charge in [-0.25, -0.2) is 12.8 Å². The molecule has 8 heteroatoms. The maximum absolute atomic E-state index is 13.6. The van der Waals surface area contributed by atoms with Crippen LogP contribution in [0.1, 0.15) is 31.7 Å². The van der Waals surface area contributed by atoms with Crippen molar-refractivity contribution in [2.24, 2.45) is 4.99 Å². The van der Waals surface area contributed by atoms with E-state index in [-0.39, 0.29) is 41.0 Å². The van der Waals surface area contributed by atoms with E-state index in [0.29, 0.717) is 36.9 Å². The molecule has 0 aliphatic heterocycles. The molecular weight excluding hydrogens is 516 g/mol. The fourth-order valence-electron chi connectivity index (χ4n) is 3.29. The van der Waals surface area contributed by atoms with E-state index in [2.05, 4.69) is 15.6 Å². The first-order valence-corrected chi connectivity index (χ1v) is 11.7. The Kier molecular flexibility index (Phi) is 9.09. The molecule has 1 aliphatic rings. The topological polar surface area (TPSA) is 70.6 Å². The summed E-state index contributed by atoms with van der Waals surface area (Å²) in [5.74, 6) is 0.520.